The number of methoxy groups -OCH3 is 2. The van der Waals surface area contributed by atoms with Crippen molar-refractivity contribution in [3.8, 4) is 22.6 Å². The molecule has 3 atom stereocenters. The molecule has 1 aliphatic heterocycles. The maximum absolute atomic E-state index is 14.5. The smallest absolute Gasteiger partial charge is 0.232 e. The van der Waals surface area contributed by atoms with Crippen LogP contribution in [0.15, 0.2) is 36.5 Å². The second-order valence-corrected chi connectivity index (χ2v) is 9.06. The number of benzene rings is 1. The molecule has 0 spiro atoms. The summed E-state index contributed by atoms with van der Waals surface area (Å²) in [6.07, 6.45) is 0.743. The van der Waals surface area contributed by atoms with Gasteiger partial charge in [-0.3, -0.25) is 4.79 Å². The number of aromatic amines is 1. The molecule has 5 rings (SSSR count). The van der Waals surface area contributed by atoms with E-state index in [-0.39, 0.29) is 11.8 Å². The summed E-state index contributed by atoms with van der Waals surface area (Å²) >= 11 is 0. The molecule has 180 valence electrons. The van der Waals surface area contributed by atoms with Crippen LogP contribution in [0.3, 0.4) is 0 Å². The van der Waals surface area contributed by atoms with E-state index in [0.717, 1.165) is 42.7 Å². The van der Waals surface area contributed by atoms with Gasteiger partial charge in [0.15, 0.2) is 0 Å². The largest absolute Gasteiger partial charge is 0.496 e. The first-order valence-corrected chi connectivity index (χ1v) is 11.6. The van der Waals surface area contributed by atoms with Gasteiger partial charge in [0.2, 0.25) is 5.91 Å². The fraction of sp³-hybridized carbons (Fsp3) is 0.440. The van der Waals surface area contributed by atoms with E-state index in [0.29, 0.717) is 29.5 Å². The fourth-order valence-electron chi connectivity index (χ4n) is 4.82. The number of hydrogen-bond donors (Lipinski definition) is 2. The van der Waals surface area contributed by atoms with Crippen LogP contribution in [0.5, 0.6) is 11.5 Å². The summed E-state index contributed by atoms with van der Waals surface area (Å²) in [4.78, 5) is 25.0. The molecule has 34 heavy (non-hydrogen) atoms. The second-order valence-electron chi connectivity index (χ2n) is 9.06. The van der Waals surface area contributed by atoms with E-state index in [1.165, 1.54) is 0 Å². The average molecular weight is 468 g/mol. The van der Waals surface area contributed by atoms with Gasteiger partial charge in [0.1, 0.15) is 29.1 Å². The number of hydrogen-bond acceptors (Lipinski definition) is 6. The average Bonchev–Trinajstić information content (AvgIpc) is 3.29. The Labute approximate surface area is 198 Å². The monoisotopic (exact) mass is 467 g/mol. The van der Waals surface area contributed by atoms with E-state index >= 15 is 0 Å². The summed E-state index contributed by atoms with van der Waals surface area (Å²) in [5.41, 5.74) is 2.32. The number of fused-ring (bicyclic) bond motifs is 1. The molecule has 0 radical (unpaired) electrons. The highest BCUT2D eigenvalue weighted by atomic mass is 19.1. The number of nitrogens with one attached hydrogen (secondary N) is 2. The molecule has 1 saturated heterocycles. The number of carbonyl (C=O) groups excluding carboxylic acids is 1. The third-order valence-electron chi connectivity index (χ3n) is 6.93. The lowest BCUT2D eigenvalue weighted by molar-refractivity contribution is -0.118. The van der Waals surface area contributed by atoms with Gasteiger partial charge in [-0.15, -0.1) is 0 Å². The molecule has 3 aromatic rings. The minimum absolute atomic E-state index is 0.248. The number of nitrogens with zero attached hydrogens (tertiary/aromatic N) is 3. The van der Waals surface area contributed by atoms with Crippen LogP contribution in [0.1, 0.15) is 0 Å². The Morgan fingerprint density at radius 2 is 1.85 bits per heavy atom. The lowest BCUT2D eigenvalue weighted by Gasteiger charge is -2.32. The van der Waals surface area contributed by atoms with Crippen molar-refractivity contribution >= 4 is 22.8 Å². The fourth-order valence-corrected chi connectivity index (χ4v) is 4.82. The first kappa shape index (κ1) is 22.6. The molecule has 8 nitrogen and oxygen atoms in total. The predicted octanol–water partition coefficient (Wildman–Crippen LogP) is 3.02. The highest BCUT2D eigenvalue weighted by Crippen LogP contribution is 2.44. The molecule has 9 heteroatoms. The summed E-state index contributed by atoms with van der Waals surface area (Å²) in [7, 11) is 5.32. The van der Waals surface area contributed by atoms with Gasteiger partial charge in [0.05, 0.1) is 25.7 Å². The summed E-state index contributed by atoms with van der Waals surface area (Å²) in [6.45, 7) is 4.41. The third-order valence-corrected chi connectivity index (χ3v) is 6.93. The lowest BCUT2D eigenvalue weighted by Crippen LogP contribution is -2.45. The Hall–Kier alpha value is -3.17. The molecule has 1 saturated carbocycles. The highest BCUT2D eigenvalue weighted by Gasteiger charge is 2.56. The molecule has 2 aromatic heterocycles. The number of H-pyrrole nitrogens is 1. The summed E-state index contributed by atoms with van der Waals surface area (Å²) in [5.74, 6) is 0.599. The van der Waals surface area contributed by atoms with Gasteiger partial charge in [0.25, 0.3) is 0 Å². The number of ether oxygens (including phenoxy) is 2. The number of alkyl halides is 1. The zero-order valence-electron chi connectivity index (χ0n) is 19.7. The van der Waals surface area contributed by atoms with Crippen LogP contribution in [0.4, 0.5) is 10.2 Å². The van der Waals surface area contributed by atoms with Crippen molar-refractivity contribution < 1.29 is 18.7 Å². The van der Waals surface area contributed by atoms with Crippen LogP contribution in [0.2, 0.25) is 0 Å². The molecule has 2 aliphatic rings. The van der Waals surface area contributed by atoms with E-state index < -0.39 is 12.1 Å². The number of likely N-dealkylation sites (N-methyl/N-ethyl adjacent to an activating group) is 1. The molecule has 2 N–H and O–H groups in total. The van der Waals surface area contributed by atoms with Crippen molar-refractivity contribution in [2.75, 3.05) is 59.3 Å². The molecule has 1 aromatic carbocycles. The van der Waals surface area contributed by atoms with Gasteiger partial charge in [0, 0.05) is 55.8 Å². The van der Waals surface area contributed by atoms with Crippen LogP contribution in [-0.2, 0) is 4.79 Å². The zero-order valence-corrected chi connectivity index (χ0v) is 19.7. The number of amides is 1. The van der Waals surface area contributed by atoms with E-state index in [1.807, 2.05) is 30.5 Å². The molecule has 1 amide bonds. The maximum atomic E-state index is 14.5. The molecular formula is C25H30FN5O3. The first-order valence-electron chi connectivity index (χ1n) is 11.6. The number of carbonyl (C=O) groups is 1. The maximum Gasteiger partial charge on any atom is 0.232 e. The molecule has 1 aliphatic carbocycles. The van der Waals surface area contributed by atoms with Crippen molar-refractivity contribution in [1.82, 2.24) is 19.8 Å². The highest BCUT2D eigenvalue weighted by molar-refractivity contribution is 5.99. The van der Waals surface area contributed by atoms with Crippen LogP contribution < -0.4 is 14.8 Å². The summed E-state index contributed by atoms with van der Waals surface area (Å²) in [5, 5.41) is 3.67. The molecule has 0 bridgehead atoms. The third kappa shape index (κ3) is 4.21. The molecule has 3 unspecified atom stereocenters. The van der Waals surface area contributed by atoms with Gasteiger partial charge < -0.3 is 29.6 Å². The van der Waals surface area contributed by atoms with Gasteiger partial charge >= 0.3 is 0 Å². The van der Waals surface area contributed by atoms with Crippen molar-refractivity contribution in [3.63, 3.8) is 0 Å². The SMILES string of the molecule is COc1cccc(OC)c1-c1c[nH]c2nc(NC(=O)C3C(F)C3CN3CCN(C)CC3)ccc12. The van der Waals surface area contributed by atoms with Crippen molar-refractivity contribution in [2.24, 2.45) is 11.8 Å². The van der Waals surface area contributed by atoms with Crippen molar-refractivity contribution in [3.05, 3.63) is 36.5 Å². The number of piperazine rings is 1. The van der Waals surface area contributed by atoms with Crippen LogP contribution in [0.25, 0.3) is 22.2 Å². The predicted molar refractivity (Wildman–Crippen MR) is 129 cm³/mol. The van der Waals surface area contributed by atoms with Crippen LogP contribution in [0, 0.1) is 11.8 Å². The second kappa shape index (κ2) is 9.23. The van der Waals surface area contributed by atoms with E-state index in [1.54, 1.807) is 20.3 Å². The van der Waals surface area contributed by atoms with E-state index in [4.69, 9.17) is 9.47 Å². The Balaban J connectivity index is 1.30. The molecule has 3 heterocycles. The number of rotatable bonds is 7. The standard InChI is InChI=1S/C25H30FN5O3/c1-30-9-11-31(12-10-30)14-17-22(23(17)26)25(32)29-20-8-7-15-16(13-27-24(15)28-20)21-18(33-2)5-4-6-19(21)34-3/h4-8,13,17,22-23H,9-12,14H2,1-3H3,(H2,27,28,29,32). The van der Waals surface area contributed by atoms with Gasteiger partial charge in [-0.1, -0.05) is 6.07 Å². The topological polar surface area (TPSA) is 82.7 Å². The van der Waals surface area contributed by atoms with E-state index in [9.17, 15) is 9.18 Å². The van der Waals surface area contributed by atoms with Crippen molar-refractivity contribution in [1.29, 1.82) is 0 Å². The number of aromatic nitrogens is 2. The Morgan fingerprint density at radius 1 is 1.15 bits per heavy atom. The molecule has 2 fully saturated rings. The zero-order chi connectivity index (χ0) is 23.8. The summed E-state index contributed by atoms with van der Waals surface area (Å²) < 4.78 is 25.5. The Bertz CT molecular complexity index is 1170. The molecular weight excluding hydrogens is 437 g/mol. The number of pyridine rings is 1. The lowest BCUT2D eigenvalue weighted by atomic mass is 10.0. The normalized spacial score (nSPS) is 23.1. The van der Waals surface area contributed by atoms with E-state index in [2.05, 4.69) is 32.1 Å². The number of halogens is 1. The number of anilines is 1. The quantitative estimate of drug-likeness (QED) is 0.556. The Morgan fingerprint density at radius 3 is 2.53 bits per heavy atom. The first-order chi connectivity index (χ1) is 16.5. The minimum Gasteiger partial charge on any atom is -0.496 e. The summed E-state index contributed by atoms with van der Waals surface area (Å²) in [6, 6.07) is 9.25. The van der Waals surface area contributed by atoms with Crippen molar-refractivity contribution in [2.45, 2.75) is 6.17 Å². The Kier molecular flexibility index (Phi) is 6.14. The van der Waals surface area contributed by atoms with Crippen LogP contribution >= 0.6 is 0 Å². The van der Waals surface area contributed by atoms with Gasteiger partial charge in [-0.25, -0.2) is 9.37 Å². The van der Waals surface area contributed by atoms with Gasteiger partial charge in [-0.2, -0.15) is 0 Å². The van der Waals surface area contributed by atoms with Gasteiger partial charge in [-0.05, 0) is 31.3 Å². The minimum atomic E-state index is -1.10. The van der Waals surface area contributed by atoms with Crippen LogP contribution in [-0.4, -0.2) is 85.8 Å².